The van der Waals surface area contributed by atoms with Crippen LogP contribution < -0.4 is 0 Å². The van der Waals surface area contributed by atoms with E-state index in [9.17, 15) is 0 Å². The second-order valence-electron chi connectivity index (χ2n) is 10.6. The van der Waals surface area contributed by atoms with E-state index in [1.807, 2.05) is 0 Å². The van der Waals surface area contributed by atoms with Crippen molar-refractivity contribution in [1.29, 1.82) is 0 Å². The normalized spacial score (nSPS) is 26.2. The number of rotatable bonds is 13. The van der Waals surface area contributed by atoms with Gasteiger partial charge in [0.2, 0.25) is 0 Å². The number of hydrogen-bond donors (Lipinski definition) is 5. The molecule has 1 aliphatic rings. The van der Waals surface area contributed by atoms with Crippen LogP contribution in [0.2, 0.25) is 0 Å². The zero-order valence-electron chi connectivity index (χ0n) is 19.8. The lowest BCUT2D eigenvalue weighted by atomic mass is 9.48. The minimum Gasteiger partial charge on any atom is -0.179 e. The average molecular weight is 497 g/mol. The van der Waals surface area contributed by atoms with Gasteiger partial charge >= 0.3 is 0 Å². The highest BCUT2D eigenvalue weighted by atomic mass is 32.1. The Morgan fingerprint density at radius 2 is 1.28 bits per heavy atom. The molecule has 0 aromatic rings. The standard InChI is InChI=1S/C24H48S5/c1-7-21(5,28)15-23(8-2,18-27)22(6,17-26)20(4,16-25)14-24(29,9-3)19-12-10-11-13-19/h19,25-29H,7-18H2,1-6H3. The molecule has 0 radical (unpaired) electrons. The van der Waals surface area contributed by atoms with Gasteiger partial charge in [-0.2, -0.15) is 63.1 Å². The summed E-state index contributed by atoms with van der Waals surface area (Å²) in [6.07, 6.45) is 10.8. The van der Waals surface area contributed by atoms with Crippen LogP contribution in [-0.4, -0.2) is 26.8 Å². The first-order chi connectivity index (χ1) is 13.4. The predicted molar refractivity (Wildman–Crippen MR) is 151 cm³/mol. The van der Waals surface area contributed by atoms with Gasteiger partial charge in [0.1, 0.15) is 0 Å². The highest BCUT2D eigenvalue weighted by Crippen LogP contribution is 2.63. The van der Waals surface area contributed by atoms with Crippen LogP contribution in [0.25, 0.3) is 0 Å². The highest BCUT2D eigenvalue weighted by Gasteiger charge is 2.58. The molecule has 1 fully saturated rings. The van der Waals surface area contributed by atoms with Crippen LogP contribution in [0.15, 0.2) is 0 Å². The molecule has 0 spiro atoms. The SMILES string of the molecule is CCC(C)(S)CC(CC)(CS)C(C)(CS)C(C)(CS)CC(S)(CC)C1CCCC1. The van der Waals surface area contributed by atoms with Gasteiger partial charge < -0.3 is 0 Å². The third-order valence-corrected chi connectivity index (χ3v) is 12.3. The molecular weight excluding hydrogens is 449 g/mol. The Bertz CT molecular complexity index is 497. The molecule has 0 heterocycles. The maximum atomic E-state index is 5.40. The fraction of sp³-hybridized carbons (Fsp3) is 1.00. The van der Waals surface area contributed by atoms with Crippen LogP contribution >= 0.6 is 63.1 Å². The van der Waals surface area contributed by atoms with E-state index in [0.29, 0.717) is 0 Å². The number of hydrogen-bond acceptors (Lipinski definition) is 5. The van der Waals surface area contributed by atoms with Crippen LogP contribution in [-0.2, 0) is 0 Å². The van der Waals surface area contributed by atoms with Crippen LogP contribution in [0.5, 0.6) is 0 Å². The van der Waals surface area contributed by atoms with Crippen molar-refractivity contribution in [1.82, 2.24) is 0 Å². The zero-order chi connectivity index (χ0) is 22.6. The molecule has 0 aliphatic heterocycles. The van der Waals surface area contributed by atoms with E-state index in [1.54, 1.807) is 0 Å². The summed E-state index contributed by atoms with van der Waals surface area (Å²) in [5, 5.41) is 0. The lowest BCUT2D eigenvalue weighted by Crippen LogP contribution is -2.58. The van der Waals surface area contributed by atoms with Gasteiger partial charge in [0.25, 0.3) is 0 Å². The van der Waals surface area contributed by atoms with Crippen LogP contribution in [0.1, 0.15) is 99.3 Å². The van der Waals surface area contributed by atoms with Gasteiger partial charge in [-0.05, 0) is 84.4 Å². The molecule has 1 rings (SSSR count). The molecule has 0 aromatic heterocycles. The molecule has 0 N–H and O–H groups in total. The van der Waals surface area contributed by atoms with Crippen LogP contribution in [0, 0.1) is 22.2 Å². The third kappa shape index (κ3) is 5.82. The average Bonchev–Trinajstić information content (AvgIpc) is 3.26. The van der Waals surface area contributed by atoms with E-state index in [0.717, 1.165) is 55.3 Å². The third-order valence-electron chi connectivity index (χ3n) is 9.05. The summed E-state index contributed by atoms with van der Waals surface area (Å²) in [4.78, 5) is 0. The fourth-order valence-corrected chi connectivity index (χ4v) is 8.80. The summed E-state index contributed by atoms with van der Waals surface area (Å²) in [5.74, 6) is 3.26. The lowest BCUT2D eigenvalue weighted by Gasteiger charge is -2.61. The Balaban J connectivity index is 3.46. The van der Waals surface area contributed by atoms with Crippen molar-refractivity contribution < 1.29 is 0 Å². The van der Waals surface area contributed by atoms with E-state index >= 15 is 0 Å². The molecule has 0 amide bonds. The van der Waals surface area contributed by atoms with Crippen molar-refractivity contribution in [3.63, 3.8) is 0 Å². The summed E-state index contributed by atoms with van der Waals surface area (Å²) >= 11 is 25.4. The summed E-state index contributed by atoms with van der Waals surface area (Å²) in [5.41, 5.74) is 0.0663. The minimum absolute atomic E-state index is 0.00524. The maximum absolute atomic E-state index is 5.40. The van der Waals surface area contributed by atoms with Gasteiger partial charge in [-0.3, -0.25) is 0 Å². The van der Waals surface area contributed by atoms with Crippen molar-refractivity contribution in [3.8, 4) is 0 Å². The van der Waals surface area contributed by atoms with Gasteiger partial charge in [-0.25, -0.2) is 0 Å². The lowest BCUT2D eigenvalue weighted by molar-refractivity contribution is -0.0467. The van der Waals surface area contributed by atoms with Crippen molar-refractivity contribution in [3.05, 3.63) is 0 Å². The molecule has 0 bridgehead atoms. The van der Waals surface area contributed by atoms with Gasteiger partial charge in [0.15, 0.2) is 0 Å². The van der Waals surface area contributed by atoms with E-state index in [4.69, 9.17) is 63.1 Å². The number of thiol groups is 5. The molecule has 174 valence electrons. The van der Waals surface area contributed by atoms with E-state index in [-0.39, 0.29) is 25.7 Å². The molecule has 5 heteroatoms. The first-order valence-electron chi connectivity index (χ1n) is 11.7. The summed E-state index contributed by atoms with van der Waals surface area (Å²) in [6.45, 7) is 14.1. The zero-order valence-corrected chi connectivity index (χ0v) is 24.3. The first-order valence-corrected chi connectivity index (χ1v) is 14.4. The molecule has 0 saturated heterocycles. The van der Waals surface area contributed by atoms with Crippen molar-refractivity contribution in [2.45, 2.75) is 109 Å². The minimum atomic E-state index is -0.0116. The van der Waals surface area contributed by atoms with E-state index < -0.39 is 0 Å². The Kier molecular flexibility index (Phi) is 11.2. The first kappa shape index (κ1) is 28.8. The van der Waals surface area contributed by atoms with Crippen molar-refractivity contribution in [2.24, 2.45) is 22.2 Å². The van der Waals surface area contributed by atoms with Gasteiger partial charge in [0, 0.05) is 9.49 Å². The summed E-state index contributed by atoms with van der Waals surface area (Å²) in [7, 11) is 0. The Hall–Kier alpha value is 1.75. The van der Waals surface area contributed by atoms with Crippen molar-refractivity contribution >= 4 is 63.1 Å². The second kappa shape index (κ2) is 11.3. The molecule has 1 aliphatic carbocycles. The topological polar surface area (TPSA) is 0 Å². The van der Waals surface area contributed by atoms with Crippen molar-refractivity contribution in [2.75, 3.05) is 17.3 Å². The maximum Gasteiger partial charge on any atom is 0.0161 e. The largest absolute Gasteiger partial charge is 0.179 e. The summed E-state index contributed by atoms with van der Waals surface area (Å²) < 4.78 is 0.0675. The molecule has 5 unspecified atom stereocenters. The Labute approximate surface area is 210 Å². The fourth-order valence-electron chi connectivity index (χ4n) is 6.03. The molecule has 0 nitrogen and oxygen atoms in total. The van der Waals surface area contributed by atoms with Crippen LogP contribution in [0.3, 0.4) is 0 Å². The van der Waals surface area contributed by atoms with Crippen LogP contribution in [0.4, 0.5) is 0 Å². The van der Waals surface area contributed by atoms with Gasteiger partial charge in [-0.15, -0.1) is 0 Å². The molecule has 0 aromatic carbocycles. The Morgan fingerprint density at radius 3 is 1.62 bits per heavy atom. The molecular formula is C24H48S5. The molecule has 1 saturated carbocycles. The molecule has 5 atom stereocenters. The highest BCUT2D eigenvalue weighted by molar-refractivity contribution is 7.82. The summed E-state index contributed by atoms with van der Waals surface area (Å²) in [6, 6.07) is 0. The Morgan fingerprint density at radius 1 is 0.724 bits per heavy atom. The second-order valence-corrected chi connectivity index (χ2v) is 13.6. The van der Waals surface area contributed by atoms with E-state index in [2.05, 4.69) is 41.5 Å². The van der Waals surface area contributed by atoms with Gasteiger partial charge in [0.05, 0.1) is 0 Å². The quantitative estimate of drug-likeness (QED) is 0.155. The van der Waals surface area contributed by atoms with Gasteiger partial charge in [-0.1, -0.05) is 54.4 Å². The predicted octanol–water partition coefficient (Wildman–Crippen LogP) is 8.33. The molecule has 29 heavy (non-hydrogen) atoms. The smallest absolute Gasteiger partial charge is 0.0161 e. The van der Waals surface area contributed by atoms with E-state index in [1.165, 1.54) is 25.7 Å². The monoisotopic (exact) mass is 496 g/mol.